The molecule has 4 rings (SSSR count). The zero-order chi connectivity index (χ0) is 22.9. The van der Waals surface area contributed by atoms with Crippen molar-refractivity contribution in [2.24, 2.45) is 0 Å². The van der Waals surface area contributed by atoms with E-state index in [2.05, 4.69) is 11.1 Å². The van der Waals surface area contributed by atoms with Gasteiger partial charge < -0.3 is 13.9 Å². The third-order valence-electron chi connectivity index (χ3n) is 4.41. The molecule has 3 heterocycles. The fourth-order valence-electron chi connectivity index (χ4n) is 2.92. The van der Waals surface area contributed by atoms with Crippen molar-refractivity contribution < 1.29 is 18.7 Å². The number of aromatic nitrogens is 1. The number of esters is 1. The van der Waals surface area contributed by atoms with Gasteiger partial charge in [0.25, 0.3) is 0 Å². The lowest BCUT2D eigenvalue weighted by Gasteiger charge is -2.12. The maximum atomic E-state index is 11.6. The first-order valence-corrected chi connectivity index (χ1v) is 10.9. The number of nitrogens with zero attached hydrogens (tertiary/aromatic N) is 2. The van der Waals surface area contributed by atoms with Gasteiger partial charge >= 0.3 is 5.97 Å². The van der Waals surface area contributed by atoms with Gasteiger partial charge in [0.15, 0.2) is 0 Å². The SMILES string of the molecule is CC.COC(=O)c1ccc(COc2nc(-c3cccs3)cc(-c3ccco3)c2C#N)cc1. The number of ether oxygens (including phenoxy) is 2. The Morgan fingerprint density at radius 1 is 1.16 bits per heavy atom. The van der Waals surface area contributed by atoms with Crippen LogP contribution in [-0.2, 0) is 11.3 Å². The van der Waals surface area contributed by atoms with Gasteiger partial charge in [-0.25, -0.2) is 9.78 Å². The molecule has 0 bridgehead atoms. The minimum absolute atomic E-state index is 0.189. The Kier molecular flexibility index (Phi) is 7.79. The molecule has 0 radical (unpaired) electrons. The maximum absolute atomic E-state index is 11.6. The summed E-state index contributed by atoms with van der Waals surface area (Å²) in [6.45, 7) is 4.19. The van der Waals surface area contributed by atoms with Crippen LogP contribution in [0.15, 0.2) is 70.7 Å². The number of carbonyl (C=O) groups excluding carboxylic acids is 1. The zero-order valence-corrected chi connectivity index (χ0v) is 18.8. The molecule has 0 aliphatic rings. The number of nitriles is 1. The minimum Gasteiger partial charge on any atom is -0.472 e. The summed E-state index contributed by atoms with van der Waals surface area (Å²) in [4.78, 5) is 17.1. The van der Waals surface area contributed by atoms with Gasteiger partial charge in [0.2, 0.25) is 5.88 Å². The van der Waals surface area contributed by atoms with Crippen molar-refractivity contribution in [3.63, 3.8) is 0 Å². The largest absolute Gasteiger partial charge is 0.472 e. The fraction of sp³-hybridized carbons (Fsp3) is 0.160. The lowest BCUT2D eigenvalue weighted by molar-refractivity contribution is 0.0600. The van der Waals surface area contributed by atoms with Crippen LogP contribution in [0.4, 0.5) is 0 Å². The molecule has 0 saturated heterocycles. The Hall–Kier alpha value is -3.89. The molecule has 0 unspecified atom stereocenters. The average molecular weight is 447 g/mol. The Morgan fingerprint density at radius 3 is 2.53 bits per heavy atom. The lowest BCUT2D eigenvalue weighted by atomic mass is 10.1. The van der Waals surface area contributed by atoms with Crippen molar-refractivity contribution >= 4 is 17.3 Å². The molecule has 0 aliphatic carbocycles. The van der Waals surface area contributed by atoms with Crippen LogP contribution in [0.1, 0.15) is 35.3 Å². The maximum Gasteiger partial charge on any atom is 0.337 e. The molecule has 1 aromatic carbocycles. The van der Waals surface area contributed by atoms with Crippen LogP contribution in [0.25, 0.3) is 21.9 Å². The molecular weight excluding hydrogens is 424 g/mol. The second-order valence-corrected chi connectivity index (χ2v) is 7.23. The number of benzene rings is 1. The molecule has 162 valence electrons. The average Bonchev–Trinajstić information content (AvgIpc) is 3.58. The molecule has 0 aliphatic heterocycles. The van der Waals surface area contributed by atoms with Gasteiger partial charge in [-0.3, -0.25) is 0 Å². The molecule has 0 N–H and O–H groups in total. The normalized spacial score (nSPS) is 9.94. The van der Waals surface area contributed by atoms with E-state index < -0.39 is 5.97 Å². The van der Waals surface area contributed by atoms with Crippen molar-refractivity contribution in [3.05, 3.63) is 82.9 Å². The molecule has 0 amide bonds. The lowest BCUT2D eigenvalue weighted by Crippen LogP contribution is -2.04. The second kappa shape index (κ2) is 10.9. The quantitative estimate of drug-likeness (QED) is 0.322. The van der Waals surface area contributed by atoms with Gasteiger partial charge in [-0.1, -0.05) is 32.0 Å². The highest BCUT2D eigenvalue weighted by molar-refractivity contribution is 7.13. The smallest absolute Gasteiger partial charge is 0.337 e. The first-order valence-electron chi connectivity index (χ1n) is 10.0. The fourth-order valence-corrected chi connectivity index (χ4v) is 3.60. The molecule has 0 fully saturated rings. The van der Waals surface area contributed by atoms with Crippen LogP contribution in [-0.4, -0.2) is 18.1 Å². The minimum atomic E-state index is -0.400. The van der Waals surface area contributed by atoms with Crippen molar-refractivity contribution in [1.29, 1.82) is 5.26 Å². The van der Waals surface area contributed by atoms with E-state index in [-0.39, 0.29) is 12.5 Å². The number of thiophene rings is 1. The van der Waals surface area contributed by atoms with Crippen molar-refractivity contribution in [2.45, 2.75) is 20.5 Å². The van der Waals surface area contributed by atoms with Crippen molar-refractivity contribution in [1.82, 2.24) is 4.98 Å². The highest BCUT2D eigenvalue weighted by Gasteiger charge is 2.18. The first-order chi connectivity index (χ1) is 15.7. The van der Waals surface area contributed by atoms with Crippen LogP contribution in [0.3, 0.4) is 0 Å². The molecule has 0 spiro atoms. The summed E-state index contributed by atoms with van der Waals surface area (Å²) in [7, 11) is 1.34. The summed E-state index contributed by atoms with van der Waals surface area (Å²) in [5.74, 6) is 0.397. The highest BCUT2D eigenvalue weighted by Crippen LogP contribution is 2.35. The Morgan fingerprint density at radius 2 is 1.94 bits per heavy atom. The molecular formula is C25H22N2O4S. The summed E-state index contributed by atoms with van der Waals surface area (Å²) in [5.41, 5.74) is 2.91. The van der Waals surface area contributed by atoms with Gasteiger partial charge in [-0.2, -0.15) is 5.26 Å². The molecule has 4 aromatic rings. The van der Waals surface area contributed by atoms with Gasteiger partial charge in [0.1, 0.15) is 24.0 Å². The number of carbonyl (C=O) groups is 1. The van der Waals surface area contributed by atoms with Crippen LogP contribution < -0.4 is 4.74 Å². The highest BCUT2D eigenvalue weighted by atomic mass is 32.1. The van der Waals surface area contributed by atoms with Crippen LogP contribution >= 0.6 is 11.3 Å². The topological polar surface area (TPSA) is 85.3 Å². The molecule has 32 heavy (non-hydrogen) atoms. The molecule has 0 atom stereocenters. The van der Waals surface area contributed by atoms with Gasteiger partial charge in [-0.15, -0.1) is 11.3 Å². The van der Waals surface area contributed by atoms with Gasteiger partial charge in [0, 0.05) is 5.56 Å². The van der Waals surface area contributed by atoms with Crippen LogP contribution in [0.2, 0.25) is 0 Å². The number of hydrogen-bond donors (Lipinski definition) is 0. The summed E-state index contributed by atoms with van der Waals surface area (Å²) < 4.78 is 16.2. The Balaban J connectivity index is 0.00000141. The Labute approximate surface area is 190 Å². The number of pyridine rings is 1. The summed E-state index contributed by atoms with van der Waals surface area (Å²) in [5, 5.41) is 11.7. The van der Waals surface area contributed by atoms with E-state index in [9.17, 15) is 10.1 Å². The second-order valence-electron chi connectivity index (χ2n) is 6.28. The van der Waals surface area contributed by atoms with Crippen LogP contribution in [0.5, 0.6) is 5.88 Å². The summed E-state index contributed by atoms with van der Waals surface area (Å²) in [6.07, 6.45) is 1.56. The zero-order valence-electron chi connectivity index (χ0n) is 18.0. The van der Waals surface area contributed by atoms with E-state index in [0.717, 1.165) is 10.4 Å². The van der Waals surface area contributed by atoms with E-state index in [1.807, 2.05) is 37.4 Å². The first kappa shape index (κ1) is 22.8. The van der Waals surface area contributed by atoms with E-state index in [1.165, 1.54) is 7.11 Å². The van der Waals surface area contributed by atoms with E-state index in [1.54, 1.807) is 54.0 Å². The van der Waals surface area contributed by atoms with Gasteiger partial charge in [0.05, 0.1) is 29.5 Å². The molecule has 3 aromatic heterocycles. The van der Waals surface area contributed by atoms with Crippen LogP contribution in [0, 0.1) is 11.3 Å². The van der Waals surface area contributed by atoms with E-state index in [0.29, 0.717) is 28.1 Å². The monoisotopic (exact) mass is 446 g/mol. The Bertz CT molecular complexity index is 1190. The molecule has 6 nitrogen and oxygen atoms in total. The standard InChI is InChI=1S/C23H16N2O4S.C2H6/c1-27-23(26)16-8-6-15(7-9-16)14-29-22-18(13-24)17(20-4-2-10-28-20)12-19(25-22)21-5-3-11-30-21;1-2/h2-12H,14H2,1H3;1-2H3. The van der Waals surface area contributed by atoms with Crippen molar-refractivity contribution in [2.75, 3.05) is 7.11 Å². The molecule has 7 heteroatoms. The third kappa shape index (κ3) is 5.05. The van der Waals surface area contributed by atoms with Gasteiger partial charge in [-0.05, 0) is 47.3 Å². The predicted octanol–water partition coefficient (Wildman–Crippen LogP) is 6.33. The van der Waals surface area contributed by atoms with E-state index in [4.69, 9.17) is 13.9 Å². The number of furan rings is 1. The summed E-state index contributed by atoms with van der Waals surface area (Å²) in [6, 6.07) is 18.4. The predicted molar refractivity (Wildman–Crippen MR) is 123 cm³/mol. The third-order valence-corrected chi connectivity index (χ3v) is 5.30. The van der Waals surface area contributed by atoms with Crippen molar-refractivity contribution in [3.8, 4) is 33.8 Å². The number of hydrogen-bond acceptors (Lipinski definition) is 7. The number of methoxy groups -OCH3 is 1. The number of rotatable bonds is 6. The molecule has 0 saturated carbocycles. The summed E-state index contributed by atoms with van der Waals surface area (Å²) >= 11 is 1.55. The van der Waals surface area contributed by atoms with E-state index >= 15 is 0 Å².